The summed E-state index contributed by atoms with van der Waals surface area (Å²) in [6.45, 7) is 13.8. The minimum atomic E-state index is -1.52. The number of halogens is 1. The summed E-state index contributed by atoms with van der Waals surface area (Å²) in [4.78, 5) is 107. The van der Waals surface area contributed by atoms with Crippen LogP contribution in [0.5, 0.6) is 0 Å². The lowest BCUT2D eigenvalue weighted by Gasteiger charge is -2.29. The zero-order valence-electron chi connectivity index (χ0n) is 54.7. The van der Waals surface area contributed by atoms with E-state index in [9.17, 15) is 28.8 Å². The lowest BCUT2D eigenvalue weighted by molar-refractivity contribution is -0.148. The molecule has 0 spiro atoms. The van der Waals surface area contributed by atoms with E-state index in [1.54, 1.807) is 0 Å². The Morgan fingerprint density at radius 2 is 0.745 bits per heavy atom. The van der Waals surface area contributed by atoms with Gasteiger partial charge < -0.3 is 64.0 Å². The van der Waals surface area contributed by atoms with Gasteiger partial charge in [-0.15, -0.1) is 0 Å². The molecule has 6 heterocycles. The summed E-state index contributed by atoms with van der Waals surface area (Å²) in [5.74, 6) is 0.0680. The molecule has 6 atom stereocenters. The number of H-pyrrole nitrogens is 3. The number of aromatic nitrogens is 6. The van der Waals surface area contributed by atoms with Crippen LogP contribution in [0.25, 0.3) is 55.4 Å². The molecule has 11 rings (SSSR count). The quantitative estimate of drug-likeness (QED) is 0.0173. The van der Waals surface area contributed by atoms with E-state index in [4.69, 9.17) is 49.3 Å². The molecule has 0 aliphatic carbocycles. The van der Waals surface area contributed by atoms with E-state index in [-0.39, 0.29) is 96.7 Å². The van der Waals surface area contributed by atoms with Gasteiger partial charge in [-0.05, 0) is 155 Å². The van der Waals surface area contributed by atoms with Crippen LogP contribution in [0.15, 0.2) is 103 Å². The fraction of sp³-hybridized carbons (Fsp3) is 0.435. The smallest absolute Gasteiger partial charge is 0.469 e. The average Bonchev–Trinajstić information content (AvgIpc) is 1.64. The fourth-order valence-corrected chi connectivity index (χ4v) is 13.3. The van der Waals surface area contributed by atoms with Crippen LogP contribution in [0.3, 0.4) is 0 Å². The van der Waals surface area contributed by atoms with Gasteiger partial charge in [-0.2, -0.15) is 0 Å². The number of esters is 3. The van der Waals surface area contributed by atoms with Crippen molar-refractivity contribution in [3.63, 3.8) is 0 Å². The lowest BCUT2D eigenvalue weighted by Crippen LogP contribution is -2.39. The molecule has 5 aromatic carbocycles. The predicted molar refractivity (Wildman–Crippen MR) is 367 cm³/mol. The molecule has 3 saturated heterocycles. The number of nitrogens with zero attached hydrogens (tertiary/aromatic N) is 6. The standard InChI is InChI=1S/C44H52N6O6.C19H24IN3O3.C6H8B2O4/c1-25(2)31(23-39(51)55-5)43(53)49-19-7-9-37(49)41-45-33-17-15-29(21-35(33)47-41)27-11-13-28(14-12-27)30-16-18-34-36(22-30)48-42(46-34)38-10-8-20-50(38)44(54)32(26(3)4)24-40(52)56-6;1-11(2)13(10-17(24)26-3)19(25)23-8-4-5-16(23)18-21-14-7-6-12(20)9-15(14)22-18;9-7(10)5-1-2-6(4-3-5)8(11)12/h11-18,21-22,25-26,31-32,37-38H,7-10,19-20,23-24H2,1-6H3,(H,45,47)(H,46,48);6-7,9,11,13,16H,4-5,8,10H2,1-3H3,(H,21,22);1-4,9-12H/t31-,32-,37-,38-;13-,16-;/m00./s1. The van der Waals surface area contributed by atoms with Crippen LogP contribution < -0.4 is 10.9 Å². The topological polar surface area (TPSA) is 307 Å². The minimum Gasteiger partial charge on any atom is -0.469 e. The summed E-state index contributed by atoms with van der Waals surface area (Å²) >= 11 is 2.27. The molecule has 7 N–H and O–H groups in total. The van der Waals surface area contributed by atoms with Gasteiger partial charge in [0, 0.05) is 23.2 Å². The number of methoxy groups -OCH3 is 3. The highest BCUT2D eigenvalue weighted by Gasteiger charge is 2.41. The first kappa shape index (κ1) is 70.3. The number of carbonyl (C=O) groups is 6. The fourth-order valence-electron chi connectivity index (χ4n) is 12.8. The first-order valence-electron chi connectivity index (χ1n) is 32.2. The van der Waals surface area contributed by atoms with Crippen molar-refractivity contribution in [3.05, 3.63) is 124 Å². The number of carbonyl (C=O) groups excluding carboxylic acids is 6. The third kappa shape index (κ3) is 16.6. The Morgan fingerprint density at radius 3 is 1.03 bits per heavy atom. The lowest BCUT2D eigenvalue weighted by atomic mass is 9.75. The molecule has 0 radical (unpaired) electrons. The minimum absolute atomic E-state index is 0.00468. The highest BCUT2D eigenvalue weighted by Crippen LogP contribution is 2.39. The SMILES string of the molecule is COC(=O)C[C@H](C(=O)N1CCC[C@H]1c1nc2ccc(-c3ccc(-c4ccc5nc([C@@H]6CCCN6C(=O)[C@@H](CC(=O)OC)C(C)C)[nH]c5c4)cc3)cc2[nH]1)C(C)C.COC(=O)C[C@H](C(=O)N1CCC[C@H]1c1nc2ccc(I)cc2[nH]1)C(C)C.OB(O)c1ccc(B(O)O)cc1. The van der Waals surface area contributed by atoms with Crippen molar-refractivity contribution in [2.24, 2.45) is 35.5 Å². The number of aromatic amines is 3. The molecule has 0 unspecified atom stereocenters. The van der Waals surface area contributed by atoms with Gasteiger partial charge in [0.25, 0.3) is 0 Å². The van der Waals surface area contributed by atoms with Gasteiger partial charge >= 0.3 is 32.1 Å². The molecule has 8 aromatic rings. The molecular weight excluding hydrogens is 1310 g/mol. The van der Waals surface area contributed by atoms with Crippen LogP contribution in [0, 0.1) is 39.1 Å². The first-order valence-corrected chi connectivity index (χ1v) is 33.2. The Hall–Kier alpha value is -7.97. The summed E-state index contributed by atoms with van der Waals surface area (Å²) in [6, 6.07) is 32.2. The molecule has 94 heavy (non-hydrogen) atoms. The summed E-state index contributed by atoms with van der Waals surface area (Å²) < 4.78 is 15.7. The number of amides is 3. The summed E-state index contributed by atoms with van der Waals surface area (Å²) in [6.07, 6.45) is 5.45. The maximum Gasteiger partial charge on any atom is 0.488 e. The van der Waals surface area contributed by atoms with E-state index in [2.05, 4.69) is 92.1 Å². The van der Waals surface area contributed by atoms with Crippen molar-refractivity contribution in [3.8, 4) is 22.3 Å². The van der Waals surface area contributed by atoms with E-state index in [0.29, 0.717) is 30.6 Å². The maximum absolute atomic E-state index is 13.7. The molecule has 3 fully saturated rings. The van der Waals surface area contributed by atoms with Crippen LogP contribution in [0.2, 0.25) is 0 Å². The zero-order valence-corrected chi connectivity index (χ0v) is 56.8. The van der Waals surface area contributed by atoms with E-state index in [1.807, 2.05) is 80.5 Å². The van der Waals surface area contributed by atoms with Gasteiger partial charge in [0.1, 0.15) is 17.5 Å². The van der Waals surface area contributed by atoms with Gasteiger partial charge in [0.15, 0.2) is 0 Å². The van der Waals surface area contributed by atoms with Crippen molar-refractivity contribution in [2.45, 2.75) is 117 Å². The van der Waals surface area contributed by atoms with Crippen molar-refractivity contribution >= 4 is 116 Å². The molecular formula is C69H84B2IN9O13. The number of ether oxygens (including phenoxy) is 3. The van der Waals surface area contributed by atoms with Gasteiger partial charge in [0.05, 0.1) is 110 Å². The van der Waals surface area contributed by atoms with Crippen molar-refractivity contribution in [2.75, 3.05) is 41.0 Å². The number of likely N-dealkylation sites (tertiary alicyclic amines) is 3. The number of imidazole rings is 3. The number of rotatable bonds is 19. The van der Waals surface area contributed by atoms with E-state index >= 15 is 0 Å². The maximum atomic E-state index is 13.7. The van der Waals surface area contributed by atoms with E-state index in [0.717, 1.165) is 115 Å². The summed E-state index contributed by atoms with van der Waals surface area (Å²) in [5.41, 5.74) is 10.3. The molecule has 0 bridgehead atoms. The molecule has 3 aliphatic rings. The molecule has 25 heteroatoms. The Bertz CT molecular complexity index is 3780. The molecule has 3 aromatic heterocycles. The largest absolute Gasteiger partial charge is 0.488 e. The van der Waals surface area contributed by atoms with Crippen molar-refractivity contribution < 1.29 is 63.1 Å². The second-order valence-electron chi connectivity index (χ2n) is 25.4. The third-order valence-electron chi connectivity index (χ3n) is 18.3. The van der Waals surface area contributed by atoms with Gasteiger partial charge in [-0.25, -0.2) is 15.0 Å². The van der Waals surface area contributed by atoms with E-state index in [1.165, 1.54) is 45.6 Å². The van der Waals surface area contributed by atoms with Crippen LogP contribution in [-0.4, -0.2) is 156 Å². The summed E-state index contributed by atoms with van der Waals surface area (Å²) in [5, 5.41) is 34.7. The number of fused-ring (bicyclic) bond motifs is 3. The number of nitrogens with one attached hydrogen (secondary N) is 3. The predicted octanol–water partition coefficient (Wildman–Crippen LogP) is 8.48. The second-order valence-corrected chi connectivity index (χ2v) is 26.7. The molecule has 496 valence electrons. The van der Waals surface area contributed by atoms with Crippen LogP contribution in [-0.2, 0) is 43.0 Å². The number of hydrogen-bond acceptors (Lipinski definition) is 16. The van der Waals surface area contributed by atoms with Crippen molar-refractivity contribution in [1.29, 1.82) is 0 Å². The Balaban J connectivity index is 0.000000223. The Morgan fingerprint density at radius 1 is 0.457 bits per heavy atom. The highest BCUT2D eigenvalue weighted by atomic mass is 127. The van der Waals surface area contributed by atoms with Crippen molar-refractivity contribution in [1.82, 2.24) is 44.6 Å². The highest BCUT2D eigenvalue weighted by molar-refractivity contribution is 14.1. The Kier molecular flexibility index (Phi) is 23.6. The van der Waals surface area contributed by atoms with Gasteiger partial charge in [-0.1, -0.05) is 102 Å². The number of hydrogen-bond donors (Lipinski definition) is 7. The van der Waals surface area contributed by atoms with Gasteiger partial charge in [0.2, 0.25) is 17.7 Å². The zero-order chi connectivity index (χ0) is 67.7. The van der Waals surface area contributed by atoms with E-state index < -0.39 is 26.1 Å². The molecule has 3 aliphatic heterocycles. The monoisotopic (exact) mass is 1400 g/mol. The third-order valence-corrected chi connectivity index (χ3v) is 19.0. The number of benzene rings is 5. The van der Waals surface area contributed by atoms with Crippen LogP contribution >= 0.6 is 22.6 Å². The molecule has 22 nitrogen and oxygen atoms in total. The normalized spacial score (nSPS) is 17.2. The summed E-state index contributed by atoms with van der Waals surface area (Å²) in [7, 11) is 1.03. The Labute approximate surface area is 561 Å². The van der Waals surface area contributed by atoms with Crippen LogP contribution in [0.4, 0.5) is 0 Å². The molecule has 3 amide bonds. The van der Waals surface area contributed by atoms with Crippen LogP contribution in [0.1, 0.15) is 135 Å². The average molecular weight is 1400 g/mol. The second kappa shape index (κ2) is 31.5. The van der Waals surface area contributed by atoms with Gasteiger partial charge in [-0.3, -0.25) is 28.8 Å². The molecule has 0 saturated carbocycles. The first-order chi connectivity index (χ1) is 45.0.